The van der Waals surface area contributed by atoms with E-state index in [-0.39, 0.29) is 0 Å². The number of nitrogens with one attached hydrogen (secondary N) is 1. The minimum atomic E-state index is 0.506. The molecule has 2 aromatic heterocycles. The summed E-state index contributed by atoms with van der Waals surface area (Å²) in [6.07, 6.45) is 4.60. The van der Waals surface area contributed by atoms with Gasteiger partial charge in [0.15, 0.2) is 0 Å². The third-order valence-corrected chi connectivity index (χ3v) is 4.57. The van der Waals surface area contributed by atoms with Gasteiger partial charge in [-0.15, -0.1) is 11.3 Å². The van der Waals surface area contributed by atoms with E-state index in [0.717, 1.165) is 18.9 Å². The van der Waals surface area contributed by atoms with Crippen molar-refractivity contribution < 1.29 is 0 Å². The van der Waals surface area contributed by atoms with Gasteiger partial charge in [-0.3, -0.25) is 0 Å². The Morgan fingerprint density at radius 2 is 2.19 bits per heavy atom. The van der Waals surface area contributed by atoms with E-state index in [9.17, 15) is 0 Å². The van der Waals surface area contributed by atoms with Crippen molar-refractivity contribution in [3.05, 3.63) is 46.3 Å². The molecule has 3 nitrogen and oxygen atoms in total. The van der Waals surface area contributed by atoms with Gasteiger partial charge >= 0.3 is 0 Å². The van der Waals surface area contributed by atoms with Crippen molar-refractivity contribution in [2.45, 2.75) is 51.9 Å². The molecule has 0 unspecified atom stereocenters. The largest absolute Gasteiger partial charge is 0.348 e. The van der Waals surface area contributed by atoms with Gasteiger partial charge in [0, 0.05) is 29.7 Å². The van der Waals surface area contributed by atoms with Crippen molar-refractivity contribution in [2.24, 2.45) is 0 Å². The van der Waals surface area contributed by atoms with E-state index < -0.39 is 0 Å². The molecule has 21 heavy (non-hydrogen) atoms. The predicted molar refractivity (Wildman–Crippen MR) is 89.7 cm³/mol. The molecule has 2 heterocycles. The van der Waals surface area contributed by atoms with Gasteiger partial charge in [0.1, 0.15) is 5.82 Å². The first-order valence-corrected chi connectivity index (χ1v) is 8.57. The molecule has 0 atom stereocenters. The summed E-state index contributed by atoms with van der Waals surface area (Å²) in [5.41, 5.74) is 1.25. The zero-order valence-corrected chi connectivity index (χ0v) is 13.6. The third kappa shape index (κ3) is 4.05. The van der Waals surface area contributed by atoms with E-state index in [0.29, 0.717) is 12.1 Å². The predicted octanol–water partition coefficient (Wildman–Crippen LogP) is 3.81. The second kappa shape index (κ2) is 6.58. The molecule has 1 aliphatic carbocycles. The van der Waals surface area contributed by atoms with E-state index in [1.165, 1.54) is 23.3 Å². The van der Waals surface area contributed by atoms with Crippen LogP contribution in [0.3, 0.4) is 0 Å². The van der Waals surface area contributed by atoms with Gasteiger partial charge in [-0.25, -0.2) is 4.98 Å². The molecule has 1 saturated carbocycles. The SMILES string of the molecule is CC(C)NCc1ccc(N(Cc2cccs2)C2CC2)nc1. The molecule has 0 aromatic carbocycles. The number of hydrogen-bond donors (Lipinski definition) is 1. The van der Waals surface area contributed by atoms with Gasteiger partial charge in [0.25, 0.3) is 0 Å². The first-order valence-electron chi connectivity index (χ1n) is 7.69. The lowest BCUT2D eigenvalue weighted by Crippen LogP contribution is -2.26. The number of rotatable bonds is 7. The standard InChI is InChI=1S/C17H23N3S/c1-13(2)18-10-14-5-8-17(19-11-14)20(15-6-7-15)12-16-4-3-9-21-16/h3-5,8-9,11,13,15,18H,6-7,10,12H2,1-2H3. The molecule has 1 aliphatic rings. The molecule has 0 amide bonds. The van der Waals surface area contributed by atoms with Gasteiger partial charge < -0.3 is 10.2 Å². The smallest absolute Gasteiger partial charge is 0.129 e. The minimum absolute atomic E-state index is 0.506. The monoisotopic (exact) mass is 301 g/mol. The summed E-state index contributed by atoms with van der Waals surface area (Å²) >= 11 is 1.83. The number of anilines is 1. The number of nitrogens with zero attached hydrogens (tertiary/aromatic N) is 2. The zero-order valence-electron chi connectivity index (χ0n) is 12.7. The molecule has 112 valence electrons. The summed E-state index contributed by atoms with van der Waals surface area (Å²) in [6, 6.07) is 9.89. The number of hydrogen-bond acceptors (Lipinski definition) is 4. The van der Waals surface area contributed by atoms with Gasteiger partial charge in [-0.1, -0.05) is 26.0 Å². The van der Waals surface area contributed by atoms with Gasteiger partial charge in [0.2, 0.25) is 0 Å². The highest BCUT2D eigenvalue weighted by molar-refractivity contribution is 7.09. The lowest BCUT2D eigenvalue weighted by atomic mass is 10.2. The fraction of sp³-hybridized carbons (Fsp3) is 0.471. The molecular weight excluding hydrogens is 278 g/mol. The van der Waals surface area contributed by atoms with Crippen LogP contribution in [0.2, 0.25) is 0 Å². The lowest BCUT2D eigenvalue weighted by molar-refractivity contribution is 0.588. The Morgan fingerprint density at radius 1 is 1.33 bits per heavy atom. The van der Waals surface area contributed by atoms with Crippen LogP contribution in [0, 0.1) is 0 Å². The Morgan fingerprint density at radius 3 is 2.76 bits per heavy atom. The maximum absolute atomic E-state index is 4.69. The highest BCUT2D eigenvalue weighted by Crippen LogP contribution is 2.32. The van der Waals surface area contributed by atoms with Crippen molar-refractivity contribution in [3.63, 3.8) is 0 Å². The topological polar surface area (TPSA) is 28.2 Å². The molecular formula is C17H23N3S. The highest BCUT2D eigenvalue weighted by Gasteiger charge is 2.30. The molecule has 1 fully saturated rings. The first kappa shape index (κ1) is 14.5. The Labute approximate surface area is 131 Å². The molecule has 2 aromatic rings. The molecule has 0 aliphatic heterocycles. The summed E-state index contributed by atoms with van der Waals surface area (Å²) in [5, 5.41) is 5.58. The van der Waals surface area contributed by atoms with E-state index in [1.54, 1.807) is 0 Å². The zero-order chi connectivity index (χ0) is 14.7. The first-order chi connectivity index (χ1) is 10.2. The van der Waals surface area contributed by atoms with Crippen LogP contribution < -0.4 is 10.2 Å². The Balaban J connectivity index is 1.68. The van der Waals surface area contributed by atoms with E-state index in [4.69, 9.17) is 0 Å². The van der Waals surface area contributed by atoms with Crippen LogP contribution in [-0.4, -0.2) is 17.1 Å². The normalized spacial score (nSPS) is 14.6. The fourth-order valence-electron chi connectivity index (χ4n) is 2.37. The third-order valence-electron chi connectivity index (χ3n) is 3.71. The molecule has 3 rings (SSSR count). The van der Waals surface area contributed by atoms with Gasteiger partial charge in [0.05, 0.1) is 6.54 Å². The second-order valence-electron chi connectivity index (χ2n) is 6.00. The number of pyridine rings is 1. The van der Waals surface area contributed by atoms with Crippen molar-refractivity contribution in [1.29, 1.82) is 0 Å². The summed E-state index contributed by atoms with van der Waals surface area (Å²) in [5.74, 6) is 1.11. The average Bonchev–Trinajstić information content (AvgIpc) is 3.20. The molecule has 1 N–H and O–H groups in total. The molecule has 0 spiro atoms. The number of aromatic nitrogens is 1. The summed E-state index contributed by atoms with van der Waals surface area (Å²) in [6.45, 7) is 6.20. The van der Waals surface area contributed by atoms with Crippen molar-refractivity contribution in [2.75, 3.05) is 4.90 Å². The minimum Gasteiger partial charge on any atom is -0.348 e. The van der Waals surface area contributed by atoms with E-state index in [2.05, 4.69) is 58.7 Å². The maximum Gasteiger partial charge on any atom is 0.129 e. The van der Waals surface area contributed by atoms with Crippen LogP contribution in [0.15, 0.2) is 35.8 Å². The van der Waals surface area contributed by atoms with Crippen LogP contribution in [0.1, 0.15) is 37.1 Å². The van der Waals surface area contributed by atoms with E-state index >= 15 is 0 Å². The Bertz CT molecular complexity index is 544. The lowest BCUT2D eigenvalue weighted by Gasteiger charge is -2.23. The summed E-state index contributed by atoms with van der Waals surface area (Å²) in [4.78, 5) is 8.55. The second-order valence-corrected chi connectivity index (χ2v) is 7.03. The quantitative estimate of drug-likeness (QED) is 0.843. The maximum atomic E-state index is 4.69. The van der Waals surface area contributed by atoms with Crippen molar-refractivity contribution in [3.8, 4) is 0 Å². The fourth-order valence-corrected chi connectivity index (χ4v) is 3.07. The summed E-state index contributed by atoms with van der Waals surface area (Å²) in [7, 11) is 0. The molecule has 0 radical (unpaired) electrons. The van der Waals surface area contributed by atoms with Crippen LogP contribution in [0.4, 0.5) is 5.82 Å². The summed E-state index contributed by atoms with van der Waals surface area (Å²) < 4.78 is 0. The molecule has 0 bridgehead atoms. The van der Waals surface area contributed by atoms with Gasteiger partial charge in [-0.2, -0.15) is 0 Å². The molecule has 4 heteroatoms. The average molecular weight is 301 g/mol. The highest BCUT2D eigenvalue weighted by atomic mass is 32.1. The van der Waals surface area contributed by atoms with Crippen molar-refractivity contribution >= 4 is 17.2 Å². The number of thiophene rings is 1. The Kier molecular flexibility index (Phi) is 4.56. The van der Waals surface area contributed by atoms with Crippen LogP contribution in [0.5, 0.6) is 0 Å². The van der Waals surface area contributed by atoms with E-state index in [1.807, 2.05) is 17.5 Å². The van der Waals surface area contributed by atoms with Crippen LogP contribution in [0.25, 0.3) is 0 Å². The Hall–Kier alpha value is -1.39. The van der Waals surface area contributed by atoms with Crippen LogP contribution in [-0.2, 0) is 13.1 Å². The molecule has 0 saturated heterocycles. The van der Waals surface area contributed by atoms with Gasteiger partial charge in [-0.05, 0) is 35.9 Å². The van der Waals surface area contributed by atoms with Crippen molar-refractivity contribution in [1.82, 2.24) is 10.3 Å². The van der Waals surface area contributed by atoms with Crippen LogP contribution >= 0.6 is 11.3 Å².